The second kappa shape index (κ2) is 2.90. The number of nitrogens with two attached hydrogens (primary N) is 1. The van der Waals surface area contributed by atoms with E-state index in [1.54, 1.807) is 12.4 Å². The largest absolute Gasteiger partial charge is 0.351 e. The Bertz CT molecular complexity index is 373. The van der Waals surface area contributed by atoms with Gasteiger partial charge in [0.1, 0.15) is 0 Å². The predicted octanol–water partition coefficient (Wildman–Crippen LogP) is 0.994. The van der Waals surface area contributed by atoms with Gasteiger partial charge in [0.15, 0.2) is 0 Å². The first-order valence-corrected chi connectivity index (χ1v) is 3.96. The van der Waals surface area contributed by atoms with Gasteiger partial charge in [-0.05, 0) is 6.07 Å². The molecule has 1 aromatic heterocycles. The molecule has 0 aliphatic carbocycles. The SMILES string of the molecule is NC(=O)N1CC=Cc2ccncc21. The van der Waals surface area contributed by atoms with Crippen LogP contribution in [0.1, 0.15) is 5.56 Å². The lowest BCUT2D eigenvalue weighted by molar-refractivity contribution is 0.254. The van der Waals surface area contributed by atoms with E-state index in [1.165, 1.54) is 4.90 Å². The van der Waals surface area contributed by atoms with Crippen molar-refractivity contribution >= 4 is 17.8 Å². The first kappa shape index (κ1) is 7.79. The highest BCUT2D eigenvalue weighted by atomic mass is 16.2. The first-order chi connectivity index (χ1) is 6.29. The summed E-state index contributed by atoms with van der Waals surface area (Å²) < 4.78 is 0. The average Bonchev–Trinajstić information content (AvgIpc) is 2.17. The summed E-state index contributed by atoms with van der Waals surface area (Å²) in [5.41, 5.74) is 6.96. The Kier molecular flexibility index (Phi) is 1.73. The maximum atomic E-state index is 11.0. The van der Waals surface area contributed by atoms with E-state index in [1.807, 2.05) is 18.2 Å². The zero-order valence-corrected chi connectivity index (χ0v) is 6.97. The fourth-order valence-corrected chi connectivity index (χ4v) is 1.36. The zero-order chi connectivity index (χ0) is 9.26. The maximum Gasteiger partial charge on any atom is 0.319 e. The third-order valence-electron chi connectivity index (χ3n) is 1.97. The van der Waals surface area contributed by atoms with Gasteiger partial charge in [0, 0.05) is 18.3 Å². The molecule has 0 spiro atoms. The molecule has 2 rings (SSSR count). The van der Waals surface area contributed by atoms with Crippen LogP contribution in [0.5, 0.6) is 0 Å². The molecular weight excluding hydrogens is 166 g/mol. The van der Waals surface area contributed by atoms with E-state index in [2.05, 4.69) is 4.98 Å². The fourth-order valence-electron chi connectivity index (χ4n) is 1.36. The lowest BCUT2D eigenvalue weighted by Gasteiger charge is -2.23. The van der Waals surface area contributed by atoms with Crippen LogP contribution in [-0.2, 0) is 0 Å². The lowest BCUT2D eigenvalue weighted by Crippen LogP contribution is -2.37. The average molecular weight is 175 g/mol. The number of carbonyl (C=O) groups excluding carboxylic acids is 1. The Morgan fingerprint density at radius 1 is 1.62 bits per heavy atom. The number of nitrogens with zero attached hydrogens (tertiary/aromatic N) is 2. The van der Waals surface area contributed by atoms with Crippen LogP contribution < -0.4 is 10.6 Å². The number of fused-ring (bicyclic) bond motifs is 1. The monoisotopic (exact) mass is 175 g/mol. The summed E-state index contributed by atoms with van der Waals surface area (Å²) in [6, 6.07) is 1.40. The molecule has 2 amide bonds. The van der Waals surface area contributed by atoms with Crippen LogP contribution in [0.4, 0.5) is 10.5 Å². The Morgan fingerprint density at radius 3 is 3.23 bits per heavy atom. The number of amides is 2. The highest BCUT2D eigenvalue weighted by Gasteiger charge is 2.16. The van der Waals surface area contributed by atoms with Crippen LogP contribution in [-0.4, -0.2) is 17.6 Å². The summed E-state index contributed by atoms with van der Waals surface area (Å²) in [5, 5.41) is 0. The minimum absolute atomic E-state index is 0.446. The molecule has 13 heavy (non-hydrogen) atoms. The third kappa shape index (κ3) is 1.26. The van der Waals surface area contributed by atoms with Crippen LogP contribution in [0.15, 0.2) is 24.5 Å². The fraction of sp³-hybridized carbons (Fsp3) is 0.111. The second-order valence-electron chi connectivity index (χ2n) is 2.79. The van der Waals surface area contributed by atoms with Gasteiger partial charge in [0.25, 0.3) is 0 Å². The Labute approximate surface area is 75.7 Å². The van der Waals surface area contributed by atoms with Crippen LogP contribution >= 0.6 is 0 Å². The van der Waals surface area contributed by atoms with E-state index < -0.39 is 6.03 Å². The summed E-state index contributed by atoms with van der Waals surface area (Å²) in [4.78, 5) is 16.4. The van der Waals surface area contributed by atoms with Gasteiger partial charge in [0.05, 0.1) is 11.9 Å². The number of primary amides is 1. The summed E-state index contributed by atoms with van der Waals surface area (Å²) in [6.07, 6.45) is 7.18. The third-order valence-corrected chi connectivity index (χ3v) is 1.97. The molecule has 66 valence electrons. The van der Waals surface area contributed by atoms with E-state index in [9.17, 15) is 4.79 Å². The molecule has 1 aliphatic rings. The molecule has 0 aromatic carbocycles. The summed E-state index contributed by atoms with van der Waals surface area (Å²) in [7, 11) is 0. The highest BCUT2D eigenvalue weighted by Crippen LogP contribution is 2.23. The molecule has 1 aliphatic heterocycles. The van der Waals surface area contributed by atoms with E-state index in [0.29, 0.717) is 6.54 Å². The molecule has 4 nitrogen and oxygen atoms in total. The van der Waals surface area contributed by atoms with Gasteiger partial charge in [-0.3, -0.25) is 9.88 Å². The van der Waals surface area contributed by atoms with Crippen molar-refractivity contribution in [2.45, 2.75) is 0 Å². The number of rotatable bonds is 0. The number of anilines is 1. The van der Waals surface area contributed by atoms with Crippen LogP contribution in [0.25, 0.3) is 6.08 Å². The normalized spacial score (nSPS) is 14.0. The molecule has 0 bridgehead atoms. The van der Waals surface area contributed by atoms with Gasteiger partial charge in [0.2, 0.25) is 0 Å². The van der Waals surface area contributed by atoms with E-state index >= 15 is 0 Å². The molecule has 1 aromatic rings. The Morgan fingerprint density at radius 2 is 2.46 bits per heavy atom. The van der Waals surface area contributed by atoms with E-state index in [4.69, 9.17) is 5.73 Å². The number of aromatic nitrogens is 1. The minimum atomic E-state index is -0.446. The summed E-state index contributed by atoms with van der Waals surface area (Å²) >= 11 is 0. The number of carbonyl (C=O) groups is 1. The molecule has 0 unspecified atom stereocenters. The van der Waals surface area contributed by atoms with Crippen molar-refractivity contribution < 1.29 is 4.79 Å². The van der Waals surface area contributed by atoms with Gasteiger partial charge in [-0.15, -0.1) is 0 Å². The van der Waals surface area contributed by atoms with Gasteiger partial charge < -0.3 is 5.73 Å². The molecule has 2 heterocycles. The van der Waals surface area contributed by atoms with Crippen LogP contribution in [0, 0.1) is 0 Å². The van der Waals surface area contributed by atoms with Crippen molar-refractivity contribution in [1.29, 1.82) is 0 Å². The van der Waals surface area contributed by atoms with Crippen LogP contribution in [0.2, 0.25) is 0 Å². The topological polar surface area (TPSA) is 59.2 Å². The molecule has 4 heteroatoms. The molecule has 0 fully saturated rings. The number of hydrogen-bond donors (Lipinski definition) is 1. The summed E-state index contributed by atoms with van der Waals surface area (Å²) in [5.74, 6) is 0. The number of hydrogen-bond acceptors (Lipinski definition) is 2. The van der Waals surface area contributed by atoms with Crippen LogP contribution in [0.3, 0.4) is 0 Å². The second-order valence-corrected chi connectivity index (χ2v) is 2.79. The number of urea groups is 1. The molecule has 0 atom stereocenters. The van der Waals surface area contributed by atoms with Gasteiger partial charge >= 0.3 is 6.03 Å². The van der Waals surface area contributed by atoms with Crippen molar-refractivity contribution in [3.05, 3.63) is 30.1 Å². The van der Waals surface area contributed by atoms with Crippen molar-refractivity contribution in [2.75, 3.05) is 11.4 Å². The van der Waals surface area contributed by atoms with Gasteiger partial charge in [-0.25, -0.2) is 4.79 Å². The lowest BCUT2D eigenvalue weighted by atomic mass is 10.1. The molecule has 0 radical (unpaired) electrons. The van der Waals surface area contributed by atoms with Crippen molar-refractivity contribution in [3.8, 4) is 0 Å². The van der Waals surface area contributed by atoms with E-state index in [0.717, 1.165) is 11.3 Å². The quantitative estimate of drug-likeness (QED) is 0.639. The molecule has 0 saturated heterocycles. The molecular formula is C9H9N3O. The molecule has 0 saturated carbocycles. The van der Waals surface area contributed by atoms with E-state index in [-0.39, 0.29) is 0 Å². The smallest absolute Gasteiger partial charge is 0.319 e. The predicted molar refractivity (Wildman–Crippen MR) is 50.2 cm³/mol. The van der Waals surface area contributed by atoms with Gasteiger partial charge in [-0.2, -0.15) is 0 Å². The van der Waals surface area contributed by atoms with Crippen molar-refractivity contribution in [1.82, 2.24) is 4.98 Å². The van der Waals surface area contributed by atoms with Gasteiger partial charge in [-0.1, -0.05) is 12.2 Å². The Hall–Kier alpha value is -1.84. The molecule has 2 N–H and O–H groups in total. The highest BCUT2D eigenvalue weighted by molar-refractivity contribution is 5.94. The summed E-state index contributed by atoms with van der Waals surface area (Å²) in [6.45, 7) is 0.522. The zero-order valence-electron chi connectivity index (χ0n) is 6.97. The van der Waals surface area contributed by atoms with Crippen molar-refractivity contribution in [3.63, 3.8) is 0 Å². The van der Waals surface area contributed by atoms with Crippen molar-refractivity contribution in [2.24, 2.45) is 5.73 Å². The Balaban J connectivity index is 2.49. The maximum absolute atomic E-state index is 11.0. The first-order valence-electron chi connectivity index (χ1n) is 3.96. The standard InChI is InChI=1S/C9H9N3O/c10-9(13)12-5-1-2-7-3-4-11-6-8(7)12/h1-4,6H,5H2,(H2,10,13). The number of pyridine rings is 1. The minimum Gasteiger partial charge on any atom is -0.351 e.